The summed E-state index contributed by atoms with van der Waals surface area (Å²) in [4.78, 5) is 14.9. The van der Waals surface area contributed by atoms with Crippen molar-refractivity contribution < 1.29 is 9.18 Å². The molecule has 2 N–H and O–H groups in total. The van der Waals surface area contributed by atoms with Crippen molar-refractivity contribution in [2.45, 2.75) is 44.6 Å². The molecule has 4 atom stereocenters. The molecule has 2 aliphatic rings. The lowest BCUT2D eigenvalue weighted by atomic mass is 9.94. The smallest absolute Gasteiger partial charge is 0.226 e. The van der Waals surface area contributed by atoms with Gasteiger partial charge < -0.3 is 10.6 Å². The van der Waals surface area contributed by atoms with Gasteiger partial charge in [-0.1, -0.05) is 18.6 Å². The van der Waals surface area contributed by atoms with E-state index < -0.39 is 0 Å². The van der Waals surface area contributed by atoms with Gasteiger partial charge in [-0.25, -0.2) is 4.39 Å². The number of nitrogens with zero attached hydrogens (tertiary/aromatic N) is 1. The molecule has 3 rings (SSSR count). The van der Waals surface area contributed by atoms with Gasteiger partial charge in [0.25, 0.3) is 0 Å². The van der Waals surface area contributed by atoms with Gasteiger partial charge in [0, 0.05) is 24.4 Å². The highest BCUT2D eigenvalue weighted by Gasteiger charge is 2.40. The highest BCUT2D eigenvalue weighted by atomic mass is 35.5. The molecule has 2 fully saturated rings. The number of nitrogens with two attached hydrogens (primary N) is 1. The lowest BCUT2D eigenvalue weighted by Gasteiger charge is -2.27. The number of likely N-dealkylation sites (tertiary alicyclic amines) is 1. The molecule has 1 aromatic carbocycles. The normalized spacial score (nSPS) is 30.3. The van der Waals surface area contributed by atoms with E-state index in [1.165, 1.54) is 12.1 Å². The van der Waals surface area contributed by atoms with Crippen LogP contribution in [0.25, 0.3) is 0 Å². The summed E-state index contributed by atoms with van der Waals surface area (Å²) in [5.74, 6) is 0.853. The van der Waals surface area contributed by atoms with Gasteiger partial charge in [-0.2, -0.15) is 0 Å². The van der Waals surface area contributed by atoms with Gasteiger partial charge in [0.05, 0.1) is 0 Å². The number of hydrogen-bond donors (Lipinski definition) is 1. The van der Waals surface area contributed by atoms with Gasteiger partial charge in [0.15, 0.2) is 0 Å². The fourth-order valence-electron chi connectivity index (χ4n) is 4.17. The molecule has 1 saturated heterocycles. The maximum atomic E-state index is 13.1. The number of carbonyl (C=O) groups is 1. The van der Waals surface area contributed by atoms with Gasteiger partial charge in [-0.15, -0.1) is 12.4 Å². The Bertz CT molecular complexity index is 536. The lowest BCUT2D eigenvalue weighted by Crippen LogP contribution is -2.41. The van der Waals surface area contributed by atoms with Crippen molar-refractivity contribution in [3.63, 3.8) is 0 Å². The molecule has 0 aromatic heterocycles. The molecule has 1 aromatic rings. The van der Waals surface area contributed by atoms with Gasteiger partial charge in [0.1, 0.15) is 5.82 Å². The van der Waals surface area contributed by atoms with Gasteiger partial charge in [-0.05, 0) is 56.3 Å². The molecule has 2 unspecified atom stereocenters. The molecule has 3 nitrogen and oxygen atoms in total. The van der Waals surface area contributed by atoms with Crippen molar-refractivity contribution in [3.8, 4) is 0 Å². The number of carbonyl (C=O) groups excluding carboxylic acids is 1. The predicted octanol–water partition coefficient (Wildman–Crippen LogP) is 3.33. The Morgan fingerprint density at radius 1 is 1.30 bits per heavy atom. The van der Waals surface area contributed by atoms with Gasteiger partial charge in [0.2, 0.25) is 5.91 Å². The molecule has 1 aliphatic carbocycles. The monoisotopic (exact) mass is 340 g/mol. The molecule has 0 bridgehead atoms. The largest absolute Gasteiger partial charge is 0.339 e. The van der Waals surface area contributed by atoms with E-state index in [4.69, 9.17) is 5.73 Å². The summed E-state index contributed by atoms with van der Waals surface area (Å²) in [6.07, 6.45) is 4.13. The maximum absolute atomic E-state index is 13.1. The van der Waals surface area contributed by atoms with Crippen molar-refractivity contribution in [2.75, 3.05) is 13.1 Å². The van der Waals surface area contributed by atoms with Crippen molar-refractivity contribution in [1.29, 1.82) is 0 Å². The van der Waals surface area contributed by atoms with E-state index in [2.05, 4.69) is 6.92 Å². The number of halogens is 2. The minimum absolute atomic E-state index is 0. The summed E-state index contributed by atoms with van der Waals surface area (Å²) in [6.45, 7) is 3.48. The van der Waals surface area contributed by atoms with Crippen molar-refractivity contribution in [1.82, 2.24) is 4.90 Å². The first-order valence-corrected chi connectivity index (χ1v) is 8.36. The molecule has 1 amide bonds. The van der Waals surface area contributed by atoms with Crippen LogP contribution >= 0.6 is 12.4 Å². The van der Waals surface area contributed by atoms with Crippen molar-refractivity contribution in [3.05, 3.63) is 35.6 Å². The molecular weight excluding hydrogens is 315 g/mol. The van der Waals surface area contributed by atoms with Crippen LogP contribution in [-0.2, 0) is 4.79 Å². The van der Waals surface area contributed by atoms with Crippen LogP contribution in [0.2, 0.25) is 0 Å². The Morgan fingerprint density at radius 2 is 2.00 bits per heavy atom. The molecular formula is C18H26ClFN2O. The summed E-state index contributed by atoms with van der Waals surface area (Å²) < 4.78 is 13.1. The predicted molar refractivity (Wildman–Crippen MR) is 92.1 cm³/mol. The molecule has 1 heterocycles. The number of hydrogen-bond acceptors (Lipinski definition) is 2. The van der Waals surface area contributed by atoms with Crippen molar-refractivity contribution >= 4 is 18.3 Å². The minimum atomic E-state index is -0.209. The first-order chi connectivity index (χ1) is 10.6. The summed E-state index contributed by atoms with van der Waals surface area (Å²) in [7, 11) is 0. The Kier molecular flexibility index (Phi) is 6.04. The summed E-state index contributed by atoms with van der Waals surface area (Å²) in [5, 5.41) is 0. The van der Waals surface area contributed by atoms with E-state index in [-0.39, 0.29) is 36.1 Å². The SMILES string of the molecule is CC1CC(c2ccc(F)cc2)CN1C(=O)[C@@H]1CCC[C@@H]1CN.Cl. The van der Waals surface area contributed by atoms with E-state index in [0.29, 0.717) is 18.4 Å². The fraction of sp³-hybridized carbons (Fsp3) is 0.611. The zero-order chi connectivity index (χ0) is 15.7. The summed E-state index contributed by atoms with van der Waals surface area (Å²) in [5.41, 5.74) is 6.95. The molecule has 23 heavy (non-hydrogen) atoms. The molecule has 0 spiro atoms. The lowest BCUT2D eigenvalue weighted by molar-refractivity contribution is -0.137. The Labute approximate surface area is 143 Å². The van der Waals surface area contributed by atoms with E-state index in [1.54, 1.807) is 0 Å². The molecule has 0 radical (unpaired) electrons. The third-order valence-corrected chi connectivity index (χ3v) is 5.48. The fourth-order valence-corrected chi connectivity index (χ4v) is 4.17. The Morgan fingerprint density at radius 3 is 2.65 bits per heavy atom. The number of rotatable bonds is 3. The van der Waals surface area contributed by atoms with Crippen LogP contribution in [0.4, 0.5) is 4.39 Å². The average molecular weight is 341 g/mol. The number of amides is 1. The van der Waals surface area contributed by atoms with Crippen molar-refractivity contribution in [2.24, 2.45) is 17.6 Å². The second-order valence-electron chi connectivity index (χ2n) is 6.86. The van der Waals surface area contributed by atoms with Crippen LogP contribution in [0.5, 0.6) is 0 Å². The molecule has 1 aliphatic heterocycles. The zero-order valence-corrected chi connectivity index (χ0v) is 14.4. The molecule has 5 heteroatoms. The number of benzene rings is 1. The second kappa shape index (κ2) is 7.63. The summed E-state index contributed by atoms with van der Waals surface area (Å²) in [6, 6.07) is 6.96. The van der Waals surface area contributed by atoms with Crippen LogP contribution in [0.15, 0.2) is 24.3 Å². The van der Waals surface area contributed by atoms with Gasteiger partial charge in [-0.3, -0.25) is 4.79 Å². The topological polar surface area (TPSA) is 46.3 Å². The zero-order valence-electron chi connectivity index (χ0n) is 13.6. The third-order valence-electron chi connectivity index (χ3n) is 5.48. The highest BCUT2D eigenvalue weighted by molar-refractivity contribution is 5.85. The highest BCUT2D eigenvalue weighted by Crippen LogP contribution is 2.37. The van der Waals surface area contributed by atoms with E-state index in [0.717, 1.165) is 37.8 Å². The summed E-state index contributed by atoms with van der Waals surface area (Å²) >= 11 is 0. The first-order valence-electron chi connectivity index (χ1n) is 8.36. The van der Waals surface area contributed by atoms with Crippen LogP contribution in [0, 0.1) is 17.7 Å². The first kappa shape index (κ1) is 18.2. The van der Waals surface area contributed by atoms with E-state index >= 15 is 0 Å². The van der Waals surface area contributed by atoms with Crippen LogP contribution in [0.1, 0.15) is 44.1 Å². The maximum Gasteiger partial charge on any atom is 0.226 e. The van der Waals surface area contributed by atoms with Crippen LogP contribution < -0.4 is 5.73 Å². The standard InChI is InChI=1S/C18H25FN2O.ClH/c1-12-9-15(13-5-7-16(19)8-6-13)11-21(12)18(22)17-4-2-3-14(17)10-20;/h5-8,12,14-15,17H,2-4,9-11,20H2,1H3;1H/t12?,14-,15?,17-;/m1./s1. The molecule has 128 valence electrons. The Balaban J connectivity index is 0.00000192. The average Bonchev–Trinajstić information content (AvgIpc) is 3.13. The minimum Gasteiger partial charge on any atom is -0.339 e. The Hall–Kier alpha value is -1.13. The quantitative estimate of drug-likeness (QED) is 0.917. The van der Waals surface area contributed by atoms with Crippen LogP contribution in [0.3, 0.4) is 0 Å². The second-order valence-corrected chi connectivity index (χ2v) is 6.86. The van der Waals surface area contributed by atoms with Crippen LogP contribution in [-0.4, -0.2) is 29.9 Å². The van der Waals surface area contributed by atoms with E-state index in [9.17, 15) is 9.18 Å². The molecule has 1 saturated carbocycles. The van der Waals surface area contributed by atoms with Gasteiger partial charge >= 0.3 is 0 Å². The third kappa shape index (κ3) is 3.69. The van der Waals surface area contributed by atoms with E-state index in [1.807, 2.05) is 17.0 Å².